The molecule has 3 rings (SSSR count). The molecule has 1 atom stereocenters. The van der Waals surface area contributed by atoms with Crippen LogP contribution >= 0.6 is 0 Å². The van der Waals surface area contributed by atoms with Crippen LogP contribution in [-0.4, -0.2) is 48.3 Å². The van der Waals surface area contributed by atoms with Gasteiger partial charge in [0.1, 0.15) is 0 Å². The second kappa shape index (κ2) is 7.27. The van der Waals surface area contributed by atoms with Crippen molar-refractivity contribution in [1.82, 2.24) is 4.90 Å². The fourth-order valence-corrected chi connectivity index (χ4v) is 2.79. The molecule has 1 fully saturated rings. The van der Waals surface area contributed by atoms with Gasteiger partial charge in [0.25, 0.3) is 5.91 Å². The molecule has 0 bridgehead atoms. The van der Waals surface area contributed by atoms with Crippen LogP contribution in [0.15, 0.2) is 54.6 Å². The van der Waals surface area contributed by atoms with Crippen LogP contribution in [0.4, 0.5) is 0 Å². The van der Waals surface area contributed by atoms with E-state index in [0.29, 0.717) is 23.2 Å². The summed E-state index contributed by atoms with van der Waals surface area (Å²) in [5, 5.41) is 0. The number of nitrogens with zero attached hydrogens (tertiary/aromatic N) is 1. The van der Waals surface area contributed by atoms with Gasteiger partial charge in [0, 0.05) is 17.7 Å². The van der Waals surface area contributed by atoms with Crippen molar-refractivity contribution in [2.24, 2.45) is 5.73 Å². The topological polar surface area (TPSA) is 89.7 Å². The fraction of sp³-hybridized carbons (Fsp3) is 0.211. The van der Waals surface area contributed by atoms with Crippen LogP contribution in [0.2, 0.25) is 0 Å². The van der Waals surface area contributed by atoms with Gasteiger partial charge in [-0.15, -0.1) is 0 Å². The maximum absolute atomic E-state index is 12.9. The van der Waals surface area contributed by atoms with E-state index >= 15 is 0 Å². The van der Waals surface area contributed by atoms with Gasteiger partial charge in [0.2, 0.25) is 5.91 Å². The van der Waals surface area contributed by atoms with E-state index in [9.17, 15) is 14.4 Å². The van der Waals surface area contributed by atoms with Gasteiger partial charge < -0.3 is 15.4 Å². The molecule has 2 aromatic rings. The number of carbonyl (C=O) groups excluding carboxylic acids is 3. The van der Waals surface area contributed by atoms with Crippen molar-refractivity contribution in [3.63, 3.8) is 0 Å². The Hall–Kier alpha value is -2.99. The Bertz CT molecular complexity index is 804. The summed E-state index contributed by atoms with van der Waals surface area (Å²) in [4.78, 5) is 38.5. The van der Waals surface area contributed by atoms with Crippen molar-refractivity contribution in [3.8, 4) is 0 Å². The summed E-state index contributed by atoms with van der Waals surface area (Å²) >= 11 is 0. The van der Waals surface area contributed by atoms with Gasteiger partial charge in [-0.05, 0) is 6.07 Å². The predicted octanol–water partition coefficient (Wildman–Crippen LogP) is 1.24. The molecule has 1 unspecified atom stereocenters. The third-order valence-corrected chi connectivity index (χ3v) is 4.11. The zero-order valence-corrected chi connectivity index (χ0v) is 13.6. The van der Waals surface area contributed by atoms with Crippen molar-refractivity contribution in [1.29, 1.82) is 0 Å². The normalized spacial score (nSPS) is 17.1. The van der Waals surface area contributed by atoms with Crippen LogP contribution in [0, 0.1) is 0 Å². The quantitative estimate of drug-likeness (QED) is 0.850. The summed E-state index contributed by atoms with van der Waals surface area (Å²) in [6, 6.07) is 15.5. The molecule has 2 amide bonds. The van der Waals surface area contributed by atoms with Gasteiger partial charge in [-0.25, -0.2) is 0 Å². The number of ether oxygens (including phenoxy) is 1. The molecule has 1 saturated heterocycles. The first-order valence-electron chi connectivity index (χ1n) is 7.97. The van der Waals surface area contributed by atoms with Crippen molar-refractivity contribution in [2.45, 2.75) is 6.10 Å². The number of hydrogen-bond donors (Lipinski definition) is 1. The lowest BCUT2D eigenvalue weighted by atomic mass is 9.97. The van der Waals surface area contributed by atoms with Gasteiger partial charge >= 0.3 is 0 Å². The van der Waals surface area contributed by atoms with Gasteiger partial charge in [-0.1, -0.05) is 48.5 Å². The number of benzene rings is 2. The first-order chi connectivity index (χ1) is 12.1. The molecule has 6 heteroatoms. The summed E-state index contributed by atoms with van der Waals surface area (Å²) in [6.45, 7) is 0.659. The third kappa shape index (κ3) is 3.59. The molecule has 0 radical (unpaired) electrons. The first kappa shape index (κ1) is 16.9. The number of amides is 2. The Morgan fingerprint density at radius 1 is 0.960 bits per heavy atom. The number of carbonyl (C=O) groups is 3. The Morgan fingerprint density at radius 2 is 1.60 bits per heavy atom. The number of nitrogens with two attached hydrogens (primary N) is 1. The minimum absolute atomic E-state index is 0.0853. The van der Waals surface area contributed by atoms with Crippen LogP contribution in [-0.2, 0) is 9.53 Å². The van der Waals surface area contributed by atoms with E-state index in [1.807, 2.05) is 6.07 Å². The minimum Gasteiger partial charge on any atom is -0.367 e. The summed E-state index contributed by atoms with van der Waals surface area (Å²) < 4.78 is 5.27. The lowest BCUT2D eigenvalue weighted by molar-refractivity contribution is -0.133. The molecule has 2 N–H and O–H groups in total. The van der Waals surface area contributed by atoms with Crippen molar-refractivity contribution < 1.29 is 19.1 Å². The van der Waals surface area contributed by atoms with Crippen LogP contribution in [0.3, 0.4) is 0 Å². The maximum Gasteiger partial charge on any atom is 0.254 e. The van der Waals surface area contributed by atoms with E-state index in [0.717, 1.165) is 0 Å². The Labute approximate surface area is 145 Å². The highest BCUT2D eigenvalue weighted by molar-refractivity contribution is 6.15. The van der Waals surface area contributed by atoms with Crippen LogP contribution in [0.5, 0.6) is 0 Å². The zero-order chi connectivity index (χ0) is 17.8. The second-order valence-electron chi connectivity index (χ2n) is 5.75. The molecule has 6 nitrogen and oxygen atoms in total. The third-order valence-electron chi connectivity index (χ3n) is 4.11. The van der Waals surface area contributed by atoms with Crippen molar-refractivity contribution >= 4 is 17.6 Å². The summed E-state index contributed by atoms with van der Waals surface area (Å²) in [7, 11) is 0. The summed E-state index contributed by atoms with van der Waals surface area (Å²) in [5.41, 5.74) is 6.42. The highest BCUT2D eigenvalue weighted by Crippen LogP contribution is 2.18. The minimum atomic E-state index is -0.824. The highest BCUT2D eigenvalue weighted by atomic mass is 16.5. The SMILES string of the molecule is NC(=O)C1CN(C(=O)c2ccccc2C(=O)c2ccccc2)CCO1. The molecule has 1 aliphatic heterocycles. The van der Waals surface area contributed by atoms with Gasteiger partial charge in [0.15, 0.2) is 11.9 Å². The Kier molecular flexibility index (Phi) is 4.90. The molecule has 128 valence electrons. The van der Waals surface area contributed by atoms with E-state index in [-0.39, 0.29) is 24.8 Å². The summed E-state index contributed by atoms with van der Waals surface area (Å²) in [5.74, 6) is -1.13. The van der Waals surface area contributed by atoms with Gasteiger partial charge in [0.05, 0.1) is 18.7 Å². The average Bonchev–Trinajstić information content (AvgIpc) is 2.67. The highest BCUT2D eigenvalue weighted by Gasteiger charge is 2.30. The zero-order valence-electron chi connectivity index (χ0n) is 13.6. The van der Waals surface area contributed by atoms with Crippen molar-refractivity contribution in [2.75, 3.05) is 19.7 Å². The lowest BCUT2D eigenvalue weighted by Gasteiger charge is -2.31. The monoisotopic (exact) mass is 338 g/mol. The number of ketones is 1. The fourth-order valence-electron chi connectivity index (χ4n) is 2.79. The van der Waals surface area contributed by atoms with E-state index in [1.54, 1.807) is 48.5 Å². The van der Waals surface area contributed by atoms with Crippen LogP contribution in [0.1, 0.15) is 26.3 Å². The smallest absolute Gasteiger partial charge is 0.254 e. The predicted molar refractivity (Wildman–Crippen MR) is 91.2 cm³/mol. The molecule has 1 aliphatic rings. The molecular weight excluding hydrogens is 320 g/mol. The van der Waals surface area contributed by atoms with Gasteiger partial charge in [-0.2, -0.15) is 0 Å². The number of rotatable bonds is 4. The van der Waals surface area contributed by atoms with E-state index in [4.69, 9.17) is 10.5 Å². The second-order valence-corrected chi connectivity index (χ2v) is 5.75. The standard InChI is InChI=1S/C19H18N2O4/c20-18(23)16-12-21(10-11-25-16)19(24)15-9-5-4-8-14(15)17(22)13-6-2-1-3-7-13/h1-9,16H,10-12H2,(H2,20,23). The van der Waals surface area contributed by atoms with E-state index < -0.39 is 12.0 Å². The van der Waals surface area contributed by atoms with Gasteiger partial charge in [-0.3, -0.25) is 14.4 Å². The Balaban J connectivity index is 1.89. The molecule has 25 heavy (non-hydrogen) atoms. The molecule has 0 aliphatic carbocycles. The number of morpholine rings is 1. The Morgan fingerprint density at radius 3 is 2.28 bits per heavy atom. The number of primary amides is 1. The molecule has 0 saturated carbocycles. The maximum atomic E-state index is 12.9. The first-order valence-corrected chi connectivity index (χ1v) is 7.97. The number of hydrogen-bond acceptors (Lipinski definition) is 4. The molecular formula is C19H18N2O4. The molecule has 1 heterocycles. The molecule has 0 aromatic heterocycles. The lowest BCUT2D eigenvalue weighted by Crippen LogP contribution is -2.50. The van der Waals surface area contributed by atoms with E-state index in [1.165, 1.54) is 4.90 Å². The largest absolute Gasteiger partial charge is 0.367 e. The summed E-state index contributed by atoms with van der Waals surface area (Å²) in [6.07, 6.45) is -0.824. The van der Waals surface area contributed by atoms with Crippen molar-refractivity contribution in [3.05, 3.63) is 71.3 Å². The van der Waals surface area contributed by atoms with Crippen LogP contribution < -0.4 is 5.73 Å². The molecule has 2 aromatic carbocycles. The van der Waals surface area contributed by atoms with E-state index in [2.05, 4.69) is 0 Å². The molecule has 0 spiro atoms. The average molecular weight is 338 g/mol. The van der Waals surface area contributed by atoms with Crippen LogP contribution in [0.25, 0.3) is 0 Å².